The van der Waals surface area contributed by atoms with Crippen molar-refractivity contribution in [2.24, 2.45) is 5.92 Å². The van der Waals surface area contributed by atoms with Gasteiger partial charge in [0.25, 0.3) is 0 Å². The minimum atomic E-state index is -0.710. The lowest BCUT2D eigenvalue weighted by atomic mass is 9.94. The Morgan fingerprint density at radius 3 is 2.52 bits per heavy atom. The molecule has 0 aromatic carbocycles. The first-order chi connectivity index (χ1) is 11.1. The average molecular weight is 320 g/mol. The Balaban J connectivity index is 2.21. The third-order valence-electron chi connectivity index (χ3n) is 4.49. The summed E-state index contributed by atoms with van der Waals surface area (Å²) in [6, 6.07) is 0. The van der Waals surface area contributed by atoms with Gasteiger partial charge in [-0.1, -0.05) is 64.0 Å². The van der Waals surface area contributed by atoms with Gasteiger partial charge in [0.1, 0.15) is 0 Å². The van der Waals surface area contributed by atoms with Crippen LogP contribution in [-0.4, -0.2) is 16.9 Å². The number of rotatable bonds is 13. The molecule has 0 unspecified atom stereocenters. The third kappa shape index (κ3) is 8.73. The highest BCUT2D eigenvalue weighted by molar-refractivity contribution is 6.07. The number of ketones is 1. The van der Waals surface area contributed by atoms with Crippen LogP contribution in [0.1, 0.15) is 84.0 Å². The number of unbranched alkanes of at least 4 members (excludes halogenated alkanes) is 8. The van der Waals surface area contributed by atoms with Crippen molar-refractivity contribution in [1.29, 1.82) is 0 Å². The van der Waals surface area contributed by atoms with E-state index in [0.29, 0.717) is 0 Å². The van der Waals surface area contributed by atoms with Crippen molar-refractivity contribution in [3.05, 3.63) is 23.8 Å². The van der Waals surface area contributed by atoms with E-state index in [9.17, 15) is 9.59 Å². The molecule has 0 heterocycles. The summed E-state index contributed by atoms with van der Waals surface area (Å²) >= 11 is 0. The van der Waals surface area contributed by atoms with E-state index in [0.717, 1.165) is 44.1 Å². The fourth-order valence-electron chi connectivity index (χ4n) is 3.09. The Kier molecular flexibility index (Phi) is 10.3. The van der Waals surface area contributed by atoms with Crippen molar-refractivity contribution in [2.45, 2.75) is 84.0 Å². The fourth-order valence-corrected chi connectivity index (χ4v) is 3.09. The summed E-state index contributed by atoms with van der Waals surface area (Å²) in [5, 5.41) is 8.60. The van der Waals surface area contributed by atoms with Crippen LogP contribution in [0.25, 0.3) is 0 Å². The Hall–Kier alpha value is -1.38. The molecule has 0 amide bonds. The number of aliphatic carboxylic acids is 1. The molecule has 1 N–H and O–H groups in total. The highest BCUT2D eigenvalue weighted by Crippen LogP contribution is 2.27. The van der Waals surface area contributed by atoms with Crippen molar-refractivity contribution < 1.29 is 14.7 Å². The molecule has 0 bridgehead atoms. The molecule has 1 rings (SSSR count). The van der Waals surface area contributed by atoms with E-state index in [4.69, 9.17) is 5.11 Å². The first-order valence-corrected chi connectivity index (χ1v) is 9.29. The molecule has 0 fully saturated rings. The maximum atomic E-state index is 11.9. The van der Waals surface area contributed by atoms with Crippen LogP contribution in [0.15, 0.2) is 23.8 Å². The average Bonchev–Trinajstić information content (AvgIpc) is 2.86. The van der Waals surface area contributed by atoms with Gasteiger partial charge in [-0.25, -0.2) is 0 Å². The van der Waals surface area contributed by atoms with Gasteiger partial charge in [0, 0.05) is 17.9 Å². The van der Waals surface area contributed by atoms with Crippen LogP contribution in [0.4, 0.5) is 0 Å². The van der Waals surface area contributed by atoms with Gasteiger partial charge in [-0.15, -0.1) is 0 Å². The van der Waals surface area contributed by atoms with Crippen molar-refractivity contribution in [3.63, 3.8) is 0 Å². The number of hydrogen-bond donors (Lipinski definition) is 1. The van der Waals surface area contributed by atoms with Crippen LogP contribution >= 0.6 is 0 Å². The zero-order valence-corrected chi connectivity index (χ0v) is 14.6. The van der Waals surface area contributed by atoms with Crippen LogP contribution in [0.3, 0.4) is 0 Å². The van der Waals surface area contributed by atoms with Gasteiger partial charge in [-0.2, -0.15) is 0 Å². The summed E-state index contributed by atoms with van der Waals surface area (Å²) in [5.41, 5.74) is 0.992. The molecule has 23 heavy (non-hydrogen) atoms. The van der Waals surface area contributed by atoms with E-state index in [-0.39, 0.29) is 18.1 Å². The van der Waals surface area contributed by atoms with Gasteiger partial charge in [0.15, 0.2) is 5.78 Å². The molecule has 0 spiro atoms. The van der Waals surface area contributed by atoms with E-state index in [1.165, 1.54) is 32.1 Å². The SMILES string of the molecule is CCCCCCC/C=C1/C(=O)C=C[C@H]1CCCCCCC(=O)O. The normalized spacial score (nSPS) is 18.9. The summed E-state index contributed by atoms with van der Waals surface area (Å²) in [4.78, 5) is 22.4. The quantitative estimate of drug-likeness (QED) is 0.362. The first kappa shape index (κ1) is 19.7. The Morgan fingerprint density at radius 1 is 1.09 bits per heavy atom. The molecule has 0 radical (unpaired) electrons. The van der Waals surface area contributed by atoms with E-state index < -0.39 is 5.97 Å². The smallest absolute Gasteiger partial charge is 0.303 e. The number of carbonyl (C=O) groups excluding carboxylic acids is 1. The molecule has 0 saturated heterocycles. The zero-order chi connectivity index (χ0) is 16.9. The van der Waals surface area contributed by atoms with Crippen molar-refractivity contribution in [2.75, 3.05) is 0 Å². The van der Waals surface area contributed by atoms with Crippen LogP contribution in [0.5, 0.6) is 0 Å². The number of allylic oxidation sites excluding steroid dienone is 4. The first-order valence-electron chi connectivity index (χ1n) is 9.29. The van der Waals surface area contributed by atoms with E-state index in [1.807, 2.05) is 6.08 Å². The maximum Gasteiger partial charge on any atom is 0.303 e. The van der Waals surface area contributed by atoms with Crippen molar-refractivity contribution in [1.82, 2.24) is 0 Å². The lowest BCUT2D eigenvalue weighted by Crippen LogP contribution is -2.03. The fraction of sp³-hybridized carbons (Fsp3) is 0.700. The highest BCUT2D eigenvalue weighted by Gasteiger charge is 2.21. The molecule has 1 aliphatic carbocycles. The molecule has 3 nitrogen and oxygen atoms in total. The second-order valence-corrected chi connectivity index (χ2v) is 6.54. The Bertz CT molecular complexity index is 421. The van der Waals surface area contributed by atoms with Gasteiger partial charge in [-0.3, -0.25) is 9.59 Å². The molecule has 0 aromatic rings. The lowest BCUT2D eigenvalue weighted by Gasteiger charge is -2.10. The topological polar surface area (TPSA) is 54.4 Å². The van der Waals surface area contributed by atoms with E-state index >= 15 is 0 Å². The highest BCUT2D eigenvalue weighted by atomic mass is 16.4. The summed E-state index contributed by atoms with van der Waals surface area (Å²) in [7, 11) is 0. The van der Waals surface area contributed by atoms with E-state index in [1.54, 1.807) is 6.08 Å². The molecular formula is C20H32O3. The molecule has 3 heteroatoms. The standard InChI is InChI=1S/C20H32O3/c1-2-3-4-5-6-10-13-18-17(15-16-19(18)21)12-9-7-8-11-14-20(22)23/h13,15-17H,2-12,14H2,1H3,(H,22,23)/b18-13+/t17-/m1/s1. The predicted molar refractivity (Wildman–Crippen MR) is 94.4 cm³/mol. The van der Waals surface area contributed by atoms with Crippen LogP contribution in [0.2, 0.25) is 0 Å². The van der Waals surface area contributed by atoms with Gasteiger partial charge in [0.2, 0.25) is 0 Å². The minimum absolute atomic E-state index is 0.189. The molecular weight excluding hydrogens is 288 g/mol. The second kappa shape index (κ2) is 12.1. The molecule has 0 aliphatic heterocycles. The molecule has 1 atom stereocenters. The zero-order valence-electron chi connectivity index (χ0n) is 14.6. The Morgan fingerprint density at radius 2 is 1.78 bits per heavy atom. The second-order valence-electron chi connectivity index (χ2n) is 6.54. The van der Waals surface area contributed by atoms with Gasteiger partial charge in [0.05, 0.1) is 0 Å². The predicted octanol–water partition coefficient (Wildman–Crippen LogP) is 5.45. The van der Waals surface area contributed by atoms with Gasteiger partial charge in [-0.05, 0) is 31.8 Å². The van der Waals surface area contributed by atoms with Crippen LogP contribution < -0.4 is 0 Å². The van der Waals surface area contributed by atoms with Gasteiger partial charge >= 0.3 is 5.97 Å². The minimum Gasteiger partial charge on any atom is -0.481 e. The largest absolute Gasteiger partial charge is 0.481 e. The van der Waals surface area contributed by atoms with E-state index in [2.05, 4.69) is 13.0 Å². The van der Waals surface area contributed by atoms with Crippen molar-refractivity contribution >= 4 is 11.8 Å². The maximum absolute atomic E-state index is 11.9. The van der Waals surface area contributed by atoms with Crippen LogP contribution in [0, 0.1) is 5.92 Å². The molecule has 1 aliphatic rings. The number of carboxylic acid groups (broad SMARTS) is 1. The summed E-state index contributed by atoms with van der Waals surface area (Å²) in [5.74, 6) is -0.231. The molecule has 0 saturated carbocycles. The van der Waals surface area contributed by atoms with Crippen molar-refractivity contribution in [3.8, 4) is 0 Å². The summed E-state index contributed by atoms with van der Waals surface area (Å²) < 4.78 is 0. The lowest BCUT2D eigenvalue weighted by molar-refractivity contribution is -0.137. The third-order valence-corrected chi connectivity index (χ3v) is 4.49. The van der Waals surface area contributed by atoms with Crippen LogP contribution in [-0.2, 0) is 9.59 Å². The summed E-state index contributed by atoms with van der Waals surface area (Å²) in [6.45, 7) is 2.22. The Labute approximate surface area is 140 Å². The molecule has 0 aromatic heterocycles. The number of carbonyl (C=O) groups is 2. The monoisotopic (exact) mass is 320 g/mol. The van der Waals surface area contributed by atoms with Gasteiger partial charge < -0.3 is 5.11 Å². The number of carboxylic acids is 1. The summed E-state index contributed by atoms with van der Waals surface area (Å²) in [6.07, 6.45) is 18.4. The molecule has 130 valence electrons. The number of hydrogen-bond acceptors (Lipinski definition) is 2.